The third kappa shape index (κ3) is 4.79. The van der Waals surface area contributed by atoms with E-state index in [1.807, 2.05) is 11.0 Å². The van der Waals surface area contributed by atoms with Crippen LogP contribution in [0, 0.1) is 5.82 Å². The van der Waals surface area contributed by atoms with E-state index in [0.717, 1.165) is 12.1 Å². The average Bonchev–Trinajstić information content (AvgIpc) is 3.28. The van der Waals surface area contributed by atoms with Gasteiger partial charge in [0.15, 0.2) is 5.15 Å². The Morgan fingerprint density at radius 2 is 2.00 bits per heavy atom. The van der Waals surface area contributed by atoms with Crippen LogP contribution >= 0.6 is 11.6 Å². The summed E-state index contributed by atoms with van der Waals surface area (Å²) in [6, 6.07) is 5.74. The molecule has 5 rings (SSSR count). The first kappa shape index (κ1) is 23.5. The Morgan fingerprint density at radius 3 is 2.77 bits per heavy atom. The first-order valence-corrected chi connectivity index (χ1v) is 12.7. The molecule has 3 aliphatic rings. The molecule has 35 heavy (non-hydrogen) atoms. The summed E-state index contributed by atoms with van der Waals surface area (Å²) in [5.41, 5.74) is 1.32. The van der Waals surface area contributed by atoms with Gasteiger partial charge in [0.25, 0.3) is 10.0 Å². The average molecular weight is 518 g/mol. The molecular weight excluding hydrogens is 497 g/mol. The Labute approximate surface area is 206 Å². The van der Waals surface area contributed by atoms with Crippen molar-refractivity contribution >= 4 is 44.6 Å². The highest BCUT2D eigenvalue weighted by Gasteiger charge is 2.36. The van der Waals surface area contributed by atoms with Crippen LogP contribution in [0.2, 0.25) is 5.15 Å². The smallest absolute Gasteiger partial charge is 0.262 e. The topological polar surface area (TPSA) is 104 Å². The van der Waals surface area contributed by atoms with E-state index in [-0.39, 0.29) is 21.6 Å². The van der Waals surface area contributed by atoms with Crippen molar-refractivity contribution in [3.05, 3.63) is 71.4 Å². The van der Waals surface area contributed by atoms with Gasteiger partial charge in [0, 0.05) is 31.0 Å². The molecule has 1 N–H and O–H groups in total. The minimum atomic E-state index is -4.09. The normalized spacial score (nSPS) is 19.8. The first-order valence-electron chi connectivity index (χ1n) is 10.9. The molecule has 1 saturated heterocycles. The van der Waals surface area contributed by atoms with Gasteiger partial charge >= 0.3 is 0 Å². The summed E-state index contributed by atoms with van der Waals surface area (Å²) in [7, 11) is -4.09. The highest BCUT2D eigenvalue weighted by molar-refractivity contribution is 7.92. The molecule has 1 fully saturated rings. The van der Waals surface area contributed by atoms with Crippen molar-refractivity contribution in [2.45, 2.75) is 10.9 Å². The third-order valence-electron chi connectivity index (χ3n) is 5.85. The number of hydrogen-bond acceptors (Lipinski definition) is 7. The molecule has 12 heteroatoms. The van der Waals surface area contributed by atoms with Crippen molar-refractivity contribution in [2.75, 3.05) is 37.6 Å². The van der Waals surface area contributed by atoms with Gasteiger partial charge in [0.1, 0.15) is 17.7 Å². The lowest BCUT2D eigenvalue weighted by Gasteiger charge is -2.33. The molecule has 1 aromatic carbocycles. The van der Waals surface area contributed by atoms with E-state index in [1.54, 1.807) is 23.2 Å². The van der Waals surface area contributed by atoms with Gasteiger partial charge in [-0.3, -0.25) is 14.5 Å². The van der Waals surface area contributed by atoms with Gasteiger partial charge < -0.3 is 14.5 Å². The first-order chi connectivity index (χ1) is 16.8. The Balaban J connectivity index is 1.40. The van der Waals surface area contributed by atoms with Gasteiger partial charge in [0.2, 0.25) is 5.91 Å². The summed E-state index contributed by atoms with van der Waals surface area (Å²) in [6.07, 6.45) is 6.92. The molecule has 1 amide bonds. The number of fused-ring (bicyclic) bond motifs is 1. The Morgan fingerprint density at radius 1 is 1.20 bits per heavy atom. The van der Waals surface area contributed by atoms with E-state index in [1.165, 1.54) is 18.3 Å². The molecular formula is C23H21ClFN5O4S. The number of benzene rings is 1. The molecule has 2 aromatic rings. The van der Waals surface area contributed by atoms with Gasteiger partial charge in [-0.25, -0.2) is 17.8 Å². The zero-order valence-corrected chi connectivity index (χ0v) is 20.0. The summed E-state index contributed by atoms with van der Waals surface area (Å²) in [5.74, 6) is -0.0161. The predicted octanol–water partition coefficient (Wildman–Crippen LogP) is 2.53. The molecule has 182 valence electrons. The predicted molar refractivity (Wildman–Crippen MR) is 129 cm³/mol. The SMILES string of the molecule is O=C(C1CN=C2C=CC(c3cnc(Cl)c(NS(=O)(=O)c4cccc(F)c4)c3)=CN21)N1CCOCC1. The van der Waals surface area contributed by atoms with Gasteiger partial charge in [-0.2, -0.15) is 0 Å². The van der Waals surface area contributed by atoms with Gasteiger partial charge in [-0.15, -0.1) is 0 Å². The fourth-order valence-electron chi connectivity index (χ4n) is 4.04. The number of halogens is 2. The largest absolute Gasteiger partial charge is 0.378 e. The summed E-state index contributed by atoms with van der Waals surface area (Å²) in [6.45, 7) is 2.45. The quantitative estimate of drug-likeness (QED) is 0.611. The zero-order valence-electron chi connectivity index (χ0n) is 18.4. The van der Waals surface area contributed by atoms with E-state index in [4.69, 9.17) is 16.3 Å². The molecule has 0 bridgehead atoms. The van der Waals surface area contributed by atoms with Crippen molar-refractivity contribution in [2.24, 2.45) is 4.99 Å². The number of nitrogens with zero attached hydrogens (tertiary/aromatic N) is 4. The van der Waals surface area contributed by atoms with Crippen LogP contribution in [-0.2, 0) is 19.6 Å². The Hall–Kier alpha value is -3.28. The van der Waals surface area contributed by atoms with Crippen LogP contribution in [0.15, 0.2) is 64.8 Å². The van der Waals surface area contributed by atoms with Crippen LogP contribution in [0.3, 0.4) is 0 Å². The lowest BCUT2D eigenvalue weighted by molar-refractivity contribution is -0.138. The minimum Gasteiger partial charge on any atom is -0.378 e. The molecule has 0 saturated carbocycles. The van der Waals surface area contributed by atoms with Gasteiger partial charge in [-0.1, -0.05) is 17.7 Å². The fraction of sp³-hybridized carbons (Fsp3) is 0.261. The lowest BCUT2D eigenvalue weighted by Crippen LogP contribution is -2.50. The van der Waals surface area contributed by atoms with E-state index >= 15 is 0 Å². The van der Waals surface area contributed by atoms with Gasteiger partial charge in [-0.05, 0) is 42.0 Å². The molecule has 4 heterocycles. The van der Waals surface area contributed by atoms with Crippen molar-refractivity contribution in [3.63, 3.8) is 0 Å². The maximum absolute atomic E-state index is 13.5. The highest BCUT2D eigenvalue weighted by Crippen LogP contribution is 2.30. The summed E-state index contributed by atoms with van der Waals surface area (Å²) < 4.78 is 46.7. The Kier molecular flexibility index (Phi) is 6.30. The van der Waals surface area contributed by atoms with Crippen molar-refractivity contribution < 1.29 is 22.3 Å². The van der Waals surface area contributed by atoms with Crippen LogP contribution in [0.5, 0.6) is 0 Å². The maximum Gasteiger partial charge on any atom is 0.262 e. The molecule has 3 aliphatic heterocycles. The summed E-state index contributed by atoms with van der Waals surface area (Å²) in [4.78, 5) is 25.0. The molecule has 9 nitrogen and oxygen atoms in total. The second kappa shape index (κ2) is 9.40. The summed E-state index contributed by atoms with van der Waals surface area (Å²) >= 11 is 6.16. The number of allylic oxidation sites excluding steroid dienone is 2. The highest BCUT2D eigenvalue weighted by atomic mass is 35.5. The number of pyridine rings is 1. The molecule has 0 radical (unpaired) electrons. The number of nitrogens with one attached hydrogen (secondary N) is 1. The number of morpholine rings is 1. The molecule has 1 atom stereocenters. The molecule has 1 unspecified atom stereocenters. The number of amidine groups is 1. The minimum absolute atomic E-state index is 0.0178. The number of rotatable bonds is 5. The van der Waals surface area contributed by atoms with Crippen LogP contribution < -0.4 is 4.72 Å². The van der Waals surface area contributed by atoms with Crippen LogP contribution in [0.25, 0.3) is 5.57 Å². The zero-order chi connectivity index (χ0) is 24.6. The number of ether oxygens (including phenoxy) is 1. The van der Waals surface area contributed by atoms with Crippen LogP contribution in [0.1, 0.15) is 5.56 Å². The van der Waals surface area contributed by atoms with E-state index in [0.29, 0.717) is 49.8 Å². The monoisotopic (exact) mass is 517 g/mol. The standard InChI is InChI=1S/C23H21ClFN5O4S/c24-22-19(28-35(32,33)18-3-1-2-17(25)11-18)10-16(12-27-22)15-4-5-21-26-13-20(30(21)14-15)23(31)29-6-8-34-9-7-29/h1-5,10-12,14,20,28H,6-9,13H2. The molecule has 0 aliphatic carbocycles. The molecule has 1 aromatic heterocycles. The number of sulfonamides is 1. The lowest BCUT2D eigenvalue weighted by atomic mass is 10.0. The van der Waals surface area contributed by atoms with Gasteiger partial charge in [0.05, 0.1) is 30.3 Å². The van der Waals surface area contributed by atoms with Crippen molar-refractivity contribution in [1.29, 1.82) is 0 Å². The Bertz CT molecular complexity index is 1370. The second-order valence-electron chi connectivity index (χ2n) is 8.10. The number of hydrogen-bond donors (Lipinski definition) is 1. The van der Waals surface area contributed by atoms with E-state index in [9.17, 15) is 17.6 Å². The summed E-state index contributed by atoms with van der Waals surface area (Å²) in [5, 5.41) is -0.0575. The van der Waals surface area contributed by atoms with Crippen LogP contribution in [-0.4, -0.2) is 73.8 Å². The van der Waals surface area contributed by atoms with Crippen molar-refractivity contribution in [3.8, 4) is 0 Å². The number of anilines is 1. The van der Waals surface area contributed by atoms with E-state index < -0.39 is 21.9 Å². The van der Waals surface area contributed by atoms with E-state index in [2.05, 4.69) is 14.7 Å². The fourth-order valence-corrected chi connectivity index (χ4v) is 5.33. The number of aliphatic imine (C=N–C) groups is 1. The van der Waals surface area contributed by atoms with Crippen molar-refractivity contribution in [1.82, 2.24) is 14.8 Å². The number of amides is 1. The number of aromatic nitrogens is 1. The second-order valence-corrected chi connectivity index (χ2v) is 10.1. The number of carbonyl (C=O) groups is 1. The number of carbonyl (C=O) groups excluding carboxylic acids is 1. The third-order valence-corrected chi connectivity index (χ3v) is 7.51. The van der Waals surface area contributed by atoms with Crippen LogP contribution in [0.4, 0.5) is 10.1 Å². The molecule has 0 spiro atoms. The maximum atomic E-state index is 13.5.